The van der Waals surface area contributed by atoms with Crippen LogP contribution in [0, 0.1) is 0 Å². The van der Waals surface area contributed by atoms with Crippen LogP contribution in [0.1, 0.15) is 0 Å². The smallest absolute Gasteiger partial charge is 0.229 e. The first-order valence-corrected chi connectivity index (χ1v) is 7.00. The van der Waals surface area contributed by atoms with Crippen LogP contribution in [0.3, 0.4) is 0 Å². The molecule has 90 valence electrons. The van der Waals surface area contributed by atoms with Gasteiger partial charge in [-0.25, -0.2) is 13.1 Å². The van der Waals surface area contributed by atoms with Crippen molar-refractivity contribution < 1.29 is 8.42 Å². The van der Waals surface area contributed by atoms with Gasteiger partial charge >= 0.3 is 0 Å². The molecule has 0 atom stereocenters. The lowest BCUT2D eigenvalue weighted by atomic mass is 10.3. The van der Waals surface area contributed by atoms with E-state index in [4.69, 9.17) is 11.6 Å². The molecule has 5 nitrogen and oxygen atoms in total. The maximum atomic E-state index is 11.2. The molecule has 1 aromatic heterocycles. The lowest BCUT2D eigenvalue weighted by Gasteiger charge is -2.10. The normalized spacial score (nSPS) is 11.4. The van der Waals surface area contributed by atoms with Crippen molar-refractivity contribution >= 4 is 27.3 Å². The number of nitrogens with zero attached hydrogens (tertiary/aromatic N) is 2. The summed E-state index contributed by atoms with van der Waals surface area (Å²) in [6.07, 6.45) is 4.41. The van der Waals surface area contributed by atoms with Crippen LogP contribution in [0.5, 0.6) is 0 Å². The van der Waals surface area contributed by atoms with E-state index >= 15 is 0 Å². The highest BCUT2D eigenvalue weighted by Crippen LogP contribution is 2.24. The van der Waals surface area contributed by atoms with Crippen molar-refractivity contribution in [1.29, 1.82) is 0 Å². The van der Waals surface area contributed by atoms with Crippen LogP contribution >= 0.6 is 11.6 Å². The van der Waals surface area contributed by atoms with Gasteiger partial charge < -0.3 is 0 Å². The molecule has 0 spiro atoms. The average molecular weight is 272 g/mol. The van der Waals surface area contributed by atoms with E-state index < -0.39 is 10.0 Å². The molecule has 7 heteroatoms. The minimum absolute atomic E-state index is 0.392. The van der Waals surface area contributed by atoms with Gasteiger partial charge in [-0.15, -0.1) is 0 Å². The fraction of sp³-hybridized carbons (Fsp3) is 0.100. The summed E-state index contributed by atoms with van der Waals surface area (Å²) in [6.45, 7) is 0. The van der Waals surface area contributed by atoms with E-state index in [0.717, 1.165) is 6.26 Å². The predicted octanol–water partition coefficient (Wildman–Crippen LogP) is 1.90. The Labute approximate surface area is 104 Å². The first kappa shape index (κ1) is 11.9. The second kappa shape index (κ2) is 4.38. The number of benzene rings is 1. The van der Waals surface area contributed by atoms with Gasteiger partial charge in [0, 0.05) is 17.4 Å². The standard InChI is InChI=1S/C10H10ClN3O2S/c1-17(15,16)13-9-7-8(11)3-4-10(9)14-6-2-5-12-14/h2-7,13H,1H3. The number of aromatic nitrogens is 2. The van der Waals surface area contributed by atoms with Crippen LogP contribution in [0.4, 0.5) is 5.69 Å². The molecule has 0 aliphatic heterocycles. The van der Waals surface area contributed by atoms with Gasteiger partial charge in [0.25, 0.3) is 0 Å². The summed E-state index contributed by atoms with van der Waals surface area (Å²) in [4.78, 5) is 0. The number of anilines is 1. The average Bonchev–Trinajstić information content (AvgIpc) is 2.68. The molecule has 1 heterocycles. The van der Waals surface area contributed by atoms with Gasteiger partial charge in [0.05, 0.1) is 17.6 Å². The quantitative estimate of drug-likeness (QED) is 0.927. The molecule has 0 amide bonds. The fourth-order valence-electron chi connectivity index (χ4n) is 1.40. The molecule has 0 saturated carbocycles. The highest BCUT2D eigenvalue weighted by Gasteiger charge is 2.09. The Morgan fingerprint density at radius 1 is 1.41 bits per heavy atom. The van der Waals surface area contributed by atoms with E-state index in [0.29, 0.717) is 16.4 Å². The molecular weight excluding hydrogens is 262 g/mol. The maximum Gasteiger partial charge on any atom is 0.229 e. The fourth-order valence-corrected chi connectivity index (χ4v) is 2.14. The maximum absolute atomic E-state index is 11.2. The number of hydrogen-bond acceptors (Lipinski definition) is 3. The summed E-state index contributed by atoms with van der Waals surface area (Å²) < 4.78 is 26.5. The topological polar surface area (TPSA) is 64.0 Å². The van der Waals surface area contributed by atoms with Gasteiger partial charge in [-0.05, 0) is 24.3 Å². The molecule has 0 bridgehead atoms. The van der Waals surface area contributed by atoms with E-state index in [1.54, 1.807) is 41.3 Å². The van der Waals surface area contributed by atoms with Gasteiger partial charge in [0.2, 0.25) is 10.0 Å². The Bertz CT molecular complexity index is 623. The molecule has 0 radical (unpaired) electrons. The Balaban J connectivity index is 2.52. The molecule has 1 N–H and O–H groups in total. The van der Waals surface area contributed by atoms with Crippen molar-refractivity contribution in [2.24, 2.45) is 0 Å². The molecule has 0 aliphatic carbocycles. The number of halogens is 1. The summed E-state index contributed by atoms with van der Waals surface area (Å²) >= 11 is 5.84. The molecule has 1 aromatic carbocycles. The van der Waals surface area contributed by atoms with Crippen molar-refractivity contribution in [3.63, 3.8) is 0 Å². The number of hydrogen-bond donors (Lipinski definition) is 1. The summed E-state index contributed by atoms with van der Waals surface area (Å²) in [6, 6.07) is 6.66. The predicted molar refractivity (Wildman–Crippen MR) is 67.0 cm³/mol. The SMILES string of the molecule is CS(=O)(=O)Nc1cc(Cl)ccc1-n1cccn1. The molecule has 0 aliphatic rings. The number of sulfonamides is 1. The zero-order valence-corrected chi connectivity index (χ0v) is 10.5. The van der Waals surface area contributed by atoms with Crippen LogP contribution in [0.25, 0.3) is 5.69 Å². The van der Waals surface area contributed by atoms with Crippen LogP contribution < -0.4 is 4.72 Å². The largest absolute Gasteiger partial charge is 0.282 e. The molecule has 0 fully saturated rings. The monoisotopic (exact) mass is 271 g/mol. The highest BCUT2D eigenvalue weighted by atomic mass is 35.5. The zero-order chi connectivity index (χ0) is 12.5. The third-order valence-corrected chi connectivity index (χ3v) is 2.83. The van der Waals surface area contributed by atoms with E-state index in [9.17, 15) is 8.42 Å². The van der Waals surface area contributed by atoms with Crippen molar-refractivity contribution in [1.82, 2.24) is 9.78 Å². The molecule has 2 rings (SSSR count). The van der Waals surface area contributed by atoms with Crippen LogP contribution in [-0.4, -0.2) is 24.5 Å². The Hall–Kier alpha value is -1.53. The highest BCUT2D eigenvalue weighted by molar-refractivity contribution is 7.92. The van der Waals surface area contributed by atoms with Crippen LogP contribution in [0.2, 0.25) is 5.02 Å². The number of rotatable bonds is 3. The number of nitrogens with one attached hydrogen (secondary N) is 1. The zero-order valence-electron chi connectivity index (χ0n) is 8.96. The van der Waals surface area contributed by atoms with Crippen molar-refractivity contribution in [3.05, 3.63) is 41.7 Å². The lowest BCUT2D eigenvalue weighted by molar-refractivity contribution is 0.606. The summed E-state index contributed by atoms with van der Waals surface area (Å²) in [5, 5.41) is 4.50. The Kier molecular flexibility index (Phi) is 3.08. The van der Waals surface area contributed by atoms with Gasteiger partial charge in [-0.2, -0.15) is 5.10 Å². The second-order valence-corrected chi connectivity index (χ2v) is 5.67. The van der Waals surface area contributed by atoms with Crippen molar-refractivity contribution in [2.45, 2.75) is 0 Å². The van der Waals surface area contributed by atoms with Gasteiger partial charge in [0.1, 0.15) is 0 Å². The molecule has 2 aromatic rings. The summed E-state index contributed by atoms with van der Waals surface area (Å²) in [7, 11) is -3.36. The van der Waals surface area contributed by atoms with Crippen LogP contribution in [0.15, 0.2) is 36.7 Å². The van der Waals surface area contributed by atoms with E-state index in [1.165, 1.54) is 0 Å². The van der Waals surface area contributed by atoms with E-state index in [2.05, 4.69) is 9.82 Å². The Morgan fingerprint density at radius 3 is 2.76 bits per heavy atom. The second-order valence-electron chi connectivity index (χ2n) is 3.49. The van der Waals surface area contributed by atoms with Crippen LogP contribution in [-0.2, 0) is 10.0 Å². The minimum atomic E-state index is -3.36. The summed E-state index contributed by atoms with van der Waals surface area (Å²) in [5.41, 5.74) is 1.01. The van der Waals surface area contributed by atoms with Crippen molar-refractivity contribution in [3.8, 4) is 5.69 Å². The molecule has 0 saturated heterocycles. The lowest BCUT2D eigenvalue weighted by Crippen LogP contribution is -2.12. The van der Waals surface area contributed by atoms with Crippen molar-refractivity contribution in [2.75, 3.05) is 11.0 Å². The summed E-state index contributed by atoms with van der Waals surface area (Å²) in [5.74, 6) is 0. The third-order valence-electron chi connectivity index (χ3n) is 2.01. The van der Waals surface area contributed by atoms with E-state index in [-0.39, 0.29) is 0 Å². The minimum Gasteiger partial charge on any atom is -0.282 e. The Morgan fingerprint density at radius 2 is 2.18 bits per heavy atom. The molecule has 17 heavy (non-hydrogen) atoms. The van der Waals surface area contributed by atoms with Gasteiger partial charge in [-0.3, -0.25) is 4.72 Å². The van der Waals surface area contributed by atoms with E-state index in [1.807, 2.05) is 0 Å². The van der Waals surface area contributed by atoms with Gasteiger partial charge in [0.15, 0.2) is 0 Å². The third kappa shape index (κ3) is 2.98. The molecular formula is C10H10ClN3O2S. The first-order valence-electron chi connectivity index (χ1n) is 4.73. The van der Waals surface area contributed by atoms with Gasteiger partial charge in [-0.1, -0.05) is 11.6 Å². The molecule has 0 unspecified atom stereocenters. The first-order chi connectivity index (χ1) is 7.96.